The standard InChI is InChI=1S/C16H24BrN3O2/c1-10-8-11(2)18-14(17)13(10)19-12-6-7-20(9-12)15(21)22-16(3,4)5/h8,12,19H,6-7,9H2,1-5H3. The molecule has 1 aromatic heterocycles. The number of likely N-dealkylation sites (tertiary alicyclic amines) is 1. The molecular weight excluding hydrogens is 346 g/mol. The van der Waals surface area contributed by atoms with Crippen molar-refractivity contribution < 1.29 is 9.53 Å². The smallest absolute Gasteiger partial charge is 0.410 e. The van der Waals surface area contributed by atoms with Crippen LogP contribution in [0.2, 0.25) is 0 Å². The Morgan fingerprint density at radius 2 is 2.14 bits per heavy atom. The number of carbonyl (C=O) groups is 1. The summed E-state index contributed by atoms with van der Waals surface area (Å²) >= 11 is 3.51. The highest BCUT2D eigenvalue weighted by Crippen LogP contribution is 2.27. The highest BCUT2D eigenvalue weighted by Gasteiger charge is 2.30. The molecule has 1 aliphatic heterocycles. The van der Waals surface area contributed by atoms with Crippen molar-refractivity contribution in [2.45, 2.75) is 52.7 Å². The van der Waals surface area contributed by atoms with Gasteiger partial charge >= 0.3 is 6.09 Å². The lowest BCUT2D eigenvalue weighted by molar-refractivity contribution is 0.0293. The van der Waals surface area contributed by atoms with Crippen molar-refractivity contribution in [1.29, 1.82) is 0 Å². The predicted molar refractivity (Wildman–Crippen MR) is 91.2 cm³/mol. The van der Waals surface area contributed by atoms with Gasteiger partial charge in [0.15, 0.2) is 0 Å². The second kappa shape index (κ2) is 6.44. The molecule has 1 atom stereocenters. The highest BCUT2D eigenvalue weighted by atomic mass is 79.9. The molecule has 0 radical (unpaired) electrons. The van der Waals surface area contributed by atoms with Gasteiger partial charge in [0.05, 0.1) is 5.69 Å². The number of rotatable bonds is 2. The Balaban J connectivity index is 1.99. The van der Waals surface area contributed by atoms with Crippen LogP contribution in [0.5, 0.6) is 0 Å². The zero-order valence-electron chi connectivity index (χ0n) is 13.9. The number of aryl methyl sites for hydroxylation is 2. The first-order valence-corrected chi connectivity index (χ1v) is 8.33. The van der Waals surface area contributed by atoms with Gasteiger partial charge in [-0.05, 0) is 68.6 Å². The first kappa shape index (κ1) is 17.1. The molecule has 1 N–H and O–H groups in total. The molecule has 1 fully saturated rings. The first-order chi connectivity index (χ1) is 10.2. The summed E-state index contributed by atoms with van der Waals surface area (Å²) in [6.07, 6.45) is 0.661. The Bertz CT molecular complexity index is 546. The van der Waals surface area contributed by atoms with Gasteiger partial charge in [0, 0.05) is 24.8 Å². The van der Waals surface area contributed by atoms with Crippen molar-refractivity contribution in [3.05, 3.63) is 21.9 Å². The predicted octanol–water partition coefficient (Wildman–Crippen LogP) is 3.88. The van der Waals surface area contributed by atoms with Crippen LogP contribution in [-0.2, 0) is 4.74 Å². The van der Waals surface area contributed by atoms with Crippen molar-refractivity contribution in [1.82, 2.24) is 9.88 Å². The van der Waals surface area contributed by atoms with E-state index in [9.17, 15) is 4.79 Å². The van der Waals surface area contributed by atoms with Gasteiger partial charge in [-0.15, -0.1) is 0 Å². The summed E-state index contributed by atoms with van der Waals surface area (Å²) in [5.74, 6) is 0. The molecule has 1 aliphatic rings. The van der Waals surface area contributed by atoms with Crippen LogP contribution in [0, 0.1) is 13.8 Å². The normalized spacial score (nSPS) is 18.5. The summed E-state index contributed by atoms with van der Waals surface area (Å²) in [6.45, 7) is 11.0. The molecule has 2 heterocycles. The van der Waals surface area contributed by atoms with E-state index in [1.54, 1.807) is 4.90 Å². The molecule has 0 saturated carbocycles. The third-order valence-electron chi connectivity index (χ3n) is 3.49. The van der Waals surface area contributed by atoms with Crippen LogP contribution >= 0.6 is 15.9 Å². The zero-order valence-corrected chi connectivity index (χ0v) is 15.5. The fourth-order valence-corrected chi connectivity index (χ4v) is 3.25. The van der Waals surface area contributed by atoms with Gasteiger partial charge in [-0.25, -0.2) is 9.78 Å². The van der Waals surface area contributed by atoms with E-state index in [0.29, 0.717) is 13.1 Å². The maximum atomic E-state index is 12.1. The largest absolute Gasteiger partial charge is 0.444 e. The quantitative estimate of drug-likeness (QED) is 0.803. The summed E-state index contributed by atoms with van der Waals surface area (Å²) in [4.78, 5) is 18.3. The minimum atomic E-state index is -0.455. The highest BCUT2D eigenvalue weighted by molar-refractivity contribution is 9.10. The minimum Gasteiger partial charge on any atom is -0.444 e. The zero-order chi connectivity index (χ0) is 16.5. The summed E-state index contributed by atoms with van der Waals surface area (Å²) < 4.78 is 6.24. The second-order valence-electron chi connectivity index (χ2n) is 6.80. The van der Waals surface area contributed by atoms with E-state index in [1.165, 1.54) is 0 Å². The van der Waals surface area contributed by atoms with Crippen molar-refractivity contribution in [2.75, 3.05) is 18.4 Å². The number of hydrogen-bond acceptors (Lipinski definition) is 4. The molecule has 2 rings (SSSR count). The Morgan fingerprint density at radius 3 is 2.73 bits per heavy atom. The maximum absolute atomic E-state index is 12.1. The molecule has 6 heteroatoms. The molecule has 1 unspecified atom stereocenters. The Hall–Kier alpha value is -1.30. The molecule has 0 bridgehead atoms. The SMILES string of the molecule is Cc1cc(C)c(NC2CCN(C(=O)OC(C)(C)C)C2)c(Br)n1. The summed E-state index contributed by atoms with van der Waals surface area (Å²) in [5, 5.41) is 3.49. The number of anilines is 1. The van der Waals surface area contributed by atoms with E-state index in [0.717, 1.165) is 28.0 Å². The average Bonchev–Trinajstić information content (AvgIpc) is 2.80. The van der Waals surface area contributed by atoms with Gasteiger partial charge in [-0.2, -0.15) is 0 Å². The average molecular weight is 370 g/mol. The molecule has 1 amide bonds. The topological polar surface area (TPSA) is 54.5 Å². The van der Waals surface area contributed by atoms with Crippen LogP contribution in [0.4, 0.5) is 10.5 Å². The van der Waals surface area contributed by atoms with Crippen LogP contribution < -0.4 is 5.32 Å². The molecular formula is C16H24BrN3O2. The fraction of sp³-hybridized carbons (Fsp3) is 0.625. The molecule has 0 aliphatic carbocycles. The fourth-order valence-electron chi connectivity index (χ4n) is 2.54. The Labute approximate surface area is 140 Å². The van der Waals surface area contributed by atoms with Crippen LogP contribution in [0.1, 0.15) is 38.4 Å². The van der Waals surface area contributed by atoms with Gasteiger partial charge in [-0.3, -0.25) is 0 Å². The third kappa shape index (κ3) is 4.35. The lowest BCUT2D eigenvalue weighted by atomic mass is 10.2. The van der Waals surface area contributed by atoms with Crippen molar-refractivity contribution in [3.63, 3.8) is 0 Å². The number of pyridine rings is 1. The number of hydrogen-bond donors (Lipinski definition) is 1. The number of amides is 1. The Morgan fingerprint density at radius 1 is 1.45 bits per heavy atom. The maximum Gasteiger partial charge on any atom is 0.410 e. The van der Waals surface area contributed by atoms with Gasteiger partial charge in [0.2, 0.25) is 0 Å². The number of nitrogens with zero attached hydrogens (tertiary/aromatic N) is 2. The van der Waals surface area contributed by atoms with Crippen LogP contribution in [0.25, 0.3) is 0 Å². The van der Waals surface area contributed by atoms with E-state index < -0.39 is 5.60 Å². The first-order valence-electron chi connectivity index (χ1n) is 7.54. The number of carbonyl (C=O) groups excluding carboxylic acids is 1. The van der Waals surface area contributed by atoms with E-state index >= 15 is 0 Å². The summed E-state index contributed by atoms with van der Waals surface area (Å²) in [7, 11) is 0. The van der Waals surface area contributed by atoms with Crippen LogP contribution in [0.15, 0.2) is 10.7 Å². The lowest BCUT2D eigenvalue weighted by Crippen LogP contribution is -2.36. The number of aromatic nitrogens is 1. The van der Waals surface area contributed by atoms with E-state index in [1.807, 2.05) is 33.8 Å². The van der Waals surface area contributed by atoms with Crippen LogP contribution in [0.3, 0.4) is 0 Å². The van der Waals surface area contributed by atoms with Crippen molar-refractivity contribution in [2.24, 2.45) is 0 Å². The van der Waals surface area contributed by atoms with E-state index in [4.69, 9.17) is 4.74 Å². The molecule has 1 saturated heterocycles. The van der Waals surface area contributed by atoms with E-state index in [2.05, 4.69) is 33.2 Å². The monoisotopic (exact) mass is 369 g/mol. The molecule has 22 heavy (non-hydrogen) atoms. The van der Waals surface area contributed by atoms with Crippen molar-refractivity contribution >= 4 is 27.7 Å². The molecule has 0 spiro atoms. The van der Waals surface area contributed by atoms with Crippen molar-refractivity contribution in [3.8, 4) is 0 Å². The molecule has 122 valence electrons. The number of nitrogens with one attached hydrogen (secondary N) is 1. The summed E-state index contributed by atoms with van der Waals surface area (Å²) in [5.41, 5.74) is 2.68. The number of halogens is 1. The Kier molecular flexibility index (Phi) is 5.00. The van der Waals surface area contributed by atoms with Gasteiger partial charge < -0.3 is 15.0 Å². The molecule has 0 aromatic carbocycles. The minimum absolute atomic E-state index is 0.215. The molecule has 5 nitrogen and oxygen atoms in total. The van der Waals surface area contributed by atoms with Gasteiger partial charge in [0.25, 0.3) is 0 Å². The lowest BCUT2D eigenvalue weighted by Gasteiger charge is -2.24. The van der Waals surface area contributed by atoms with Gasteiger partial charge in [0.1, 0.15) is 10.2 Å². The molecule has 1 aromatic rings. The third-order valence-corrected chi connectivity index (χ3v) is 4.06. The van der Waals surface area contributed by atoms with Crippen LogP contribution in [-0.4, -0.2) is 40.7 Å². The van der Waals surface area contributed by atoms with E-state index in [-0.39, 0.29) is 12.1 Å². The van der Waals surface area contributed by atoms with Gasteiger partial charge in [-0.1, -0.05) is 0 Å². The second-order valence-corrected chi connectivity index (χ2v) is 7.55. The number of ether oxygens (including phenoxy) is 1. The summed E-state index contributed by atoms with van der Waals surface area (Å²) in [6, 6.07) is 2.26.